The standard InChI is InChI=1S/C11H7ClF3N3O/c12-6-4-17-10(18-5-6)19-9-2-1-7(16)3-8(9)11(13,14)15/h1-5H,16H2. The smallest absolute Gasteiger partial charge is 0.420 e. The Hall–Kier alpha value is -2.02. The molecule has 0 bridgehead atoms. The van der Waals surface area contributed by atoms with Crippen molar-refractivity contribution in [3.8, 4) is 11.8 Å². The van der Waals surface area contributed by atoms with Gasteiger partial charge in [-0.2, -0.15) is 13.2 Å². The minimum atomic E-state index is -4.59. The molecule has 0 saturated heterocycles. The molecule has 0 saturated carbocycles. The predicted molar refractivity (Wildman–Crippen MR) is 63.0 cm³/mol. The van der Waals surface area contributed by atoms with Gasteiger partial charge in [-0.05, 0) is 18.2 Å². The second kappa shape index (κ2) is 4.93. The van der Waals surface area contributed by atoms with Crippen LogP contribution in [0, 0.1) is 0 Å². The first kappa shape index (κ1) is 13.4. The van der Waals surface area contributed by atoms with E-state index in [1.165, 1.54) is 18.5 Å². The summed E-state index contributed by atoms with van der Waals surface area (Å²) in [5.41, 5.74) is 4.32. The molecular weight excluding hydrogens is 283 g/mol. The average molecular weight is 290 g/mol. The van der Waals surface area contributed by atoms with Gasteiger partial charge in [0.2, 0.25) is 0 Å². The summed E-state index contributed by atoms with van der Waals surface area (Å²) in [5.74, 6) is -0.427. The minimum Gasteiger partial charge on any atom is -0.424 e. The summed E-state index contributed by atoms with van der Waals surface area (Å²) >= 11 is 5.56. The highest BCUT2D eigenvalue weighted by atomic mass is 35.5. The van der Waals surface area contributed by atoms with Crippen molar-refractivity contribution in [1.82, 2.24) is 9.97 Å². The fourth-order valence-electron chi connectivity index (χ4n) is 1.31. The molecule has 0 amide bonds. The number of alkyl halides is 3. The highest BCUT2D eigenvalue weighted by Gasteiger charge is 2.35. The summed E-state index contributed by atoms with van der Waals surface area (Å²) in [6, 6.07) is 2.95. The molecule has 19 heavy (non-hydrogen) atoms. The first-order valence-corrected chi connectivity index (χ1v) is 5.36. The molecule has 100 valence electrons. The van der Waals surface area contributed by atoms with E-state index in [0.717, 1.165) is 12.1 Å². The number of anilines is 1. The largest absolute Gasteiger partial charge is 0.424 e. The Bertz CT molecular complexity index is 587. The van der Waals surface area contributed by atoms with Gasteiger partial charge in [0.1, 0.15) is 11.3 Å². The van der Waals surface area contributed by atoms with Crippen molar-refractivity contribution < 1.29 is 17.9 Å². The van der Waals surface area contributed by atoms with Crippen LogP contribution in [0.1, 0.15) is 5.56 Å². The van der Waals surface area contributed by atoms with Gasteiger partial charge in [0, 0.05) is 5.69 Å². The third-order valence-electron chi connectivity index (χ3n) is 2.11. The summed E-state index contributed by atoms with van der Waals surface area (Å²) in [5, 5.41) is 0.251. The van der Waals surface area contributed by atoms with Gasteiger partial charge in [-0.1, -0.05) is 11.6 Å². The van der Waals surface area contributed by atoms with Crippen LogP contribution in [0.3, 0.4) is 0 Å². The zero-order valence-electron chi connectivity index (χ0n) is 9.28. The SMILES string of the molecule is Nc1ccc(Oc2ncc(Cl)cn2)c(C(F)(F)F)c1. The van der Waals surface area contributed by atoms with Crippen LogP contribution in [0.15, 0.2) is 30.6 Å². The Morgan fingerprint density at radius 3 is 2.37 bits per heavy atom. The predicted octanol–water partition coefficient (Wildman–Crippen LogP) is 3.52. The number of rotatable bonds is 2. The maximum atomic E-state index is 12.8. The maximum absolute atomic E-state index is 12.8. The quantitative estimate of drug-likeness (QED) is 0.859. The van der Waals surface area contributed by atoms with Gasteiger partial charge in [0.05, 0.1) is 17.4 Å². The van der Waals surface area contributed by atoms with Crippen LogP contribution >= 0.6 is 11.6 Å². The molecule has 2 N–H and O–H groups in total. The first-order chi connectivity index (χ1) is 8.86. The second-order valence-electron chi connectivity index (χ2n) is 3.54. The Morgan fingerprint density at radius 1 is 1.16 bits per heavy atom. The normalized spacial score (nSPS) is 11.4. The molecule has 1 heterocycles. The van der Waals surface area contributed by atoms with E-state index < -0.39 is 17.5 Å². The van der Waals surface area contributed by atoms with Gasteiger partial charge in [-0.15, -0.1) is 0 Å². The van der Waals surface area contributed by atoms with Gasteiger partial charge in [-0.3, -0.25) is 0 Å². The number of nitrogens with zero attached hydrogens (tertiary/aromatic N) is 2. The highest BCUT2D eigenvalue weighted by Crippen LogP contribution is 2.38. The second-order valence-corrected chi connectivity index (χ2v) is 3.98. The van der Waals surface area contributed by atoms with Crippen molar-refractivity contribution in [2.24, 2.45) is 0 Å². The lowest BCUT2D eigenvalue weighted by molar-refractivity contribution is -0.138. The van der Waals surface area contributed by atoms with E-state index in [1.54, 1.807) is 0 Å². The monoisotopic (exact) mass is 289 g/mol. The van der Waals surface area contributed by atoms with Gasteiger partial charge >= 0.3 is 12.2 Å². The van der Waals surface area contributed by atoms with Crippen molar-refractivity contribution in [2.75, 3.05) is 5.73 Å². The molecule has 4 nitrogen and oxygen atoms in total. The molecule has 0 spiro atoms. The van der Waals surface area contributed by atoms with Crippen molar-refractivity contribution in [3.05, 3.63) is 41.2 Å². The lowest BCUT2D eigenvalue weighted by Gasteiger charge is -2.13. The molecule has 0 fully saturated rings. The summed E-state index contributed by atoms with van der Waals surface area (Å²) in [4.78, 5) is 7.31. The molecule has 0 aliphatic rings. The van der Waals surface area contributed by atoms with Crippen molar-refractivity contribution in [1.29, 1.82) is 0 Å². The Balaban J connectivity index is 2.37. The molecule has 2 rings (SSSR count). The van der Waals surface area contributed by atoms with Gasteiger partial charge in [-0.25, -0.2) is 9.97 Å². The minimum absolute atomic E-state index is 0.0169. The Kier molecular flexibility index (Phi) is 3.48. The van der Waals surface area contributed by atoms with Crippen LogP contribution in [0.25, 0.3) is 0 Å². The van der Waals surface area contributed by atoms with E-state index in [4.69, 9.17) is 22.1 Å². The highest BCUT2D eigenvalue weighted by molar-refractivity contribution is 6.30. The lowest BCUT2D eigenvalue weighted by Crippen LogP contribution is -2.08. The van der Waals surface area contributed by atoms with Crippen molar-refractivity contribution in [2.45, 2.75) is 6.18 Å². The van der Waals surface area contributed by atoms with Crippen molar-refractivity contribution >= 4 is 17.3 Å². The molecule has 0 radical (unpaired) electrons. The van der Waals surface area contributed by atoms with E-state index in [1.807, 2.05) is 0 Å². The molecule has 2 aromatic rings. The third kappa shape index (κ3) is 3.25. The number of halogens is 4. The summed E-state index contributed by atoms with van der Waals surface area (Å²) in [6.07, 6.45) is -2.15. The van der Waals surface area contributed by atoms with Crippen LogP contribution in [0.2, 0.25) is 5.02 Å². The molecule has 1 aromatic heterocycles. The summed E-state index contributed by atoms with van der Waals surface area (Å²) in [6.45, 7) is 0. The van der Waals surface area contributed by atoms with Gasteiger partial charge in [0.15, 0.2) is 0 Å². The van der Waals surface area contributed by atoms with Crippen LogP contribution in [-0.2, 0) is 6.18 Å². The number of nitrogen functional groups attached to an aromatic ring is 1. The first-order valence-electron chi connectivity index (χ1n) is 4.98. The summed E-state index contributed by atoms with van der Waals surface area (Å²) in [7, 11) is 0. The van der Waals surface area contributed by atoms with E-state index >= 15 is 0 Å². The van der Waals surface area contributed by atoms with Crippen LogP contribution < -0.4 is 10.5 Å². The molecule has 1 aromatic carbocycles. The molecule has 0 aliphatic heterocycles. The third-order valence-corrected chi connectivity index (χ3v) is 2.30. The van der Waals surface area contributed by atoms with E-state index in [9.17, 15) is 13.2 Å². The number of hydrogen-bond donors (Lipinski definition) is 1. The zero-order valence-corrected chi connectivity index (χ0v) is 10.0. The topological polar surface area (TPSA) is 61.0 Å². The number of nitrogens with two attached hydrogens (primary N) is 1. The van der Waals surface area contributed by atoms with E-state index in [-0.39, 0.29) is 16.7 Å². The van der Waals surface area contributed by atoms with Gasteiger partial charge < -0.3 is 10.5 Å². The van der Waals surface area contributed by atoms with Crippen LogP contribution in [0.4, 0.5) is 18.9 Å². The van der Waals surface area contributed by atoms with E-state index in [0.29, 0.717) is 0 Å². The number of ether oxygens (including phenoxy) is 1. The lowest BCUT2D eigenvalue weighted by atomic mass is 10.1. The Labute approximate surface area is 111 Å². The number of benzene rings is 1. The van der Waals surface area contributed by atoms with E-state index in [2.05, 4.69) is 9.97 Å². The zero-order chi connectivity index (χ0) is 14.0. The van der Waals surface area contributed by atoms with Crippen molar-refractivity contribution in [3.63, 3.8) is 0 Å². The Morgan fingerprint density at radius 2 is 1.79 bits per heavy atom. The van der Waals surface area contributed by atoms with Crippen LogP contribution in [0.5, 0.6) is 11.8 Å². The number of aromatic nitrogens is 2. The van der Waals surface area contributed by atoms with Gasteiger partial charge in [0.25, 0.3) is 0 Å². The molecule has 8 heteroatoms. The maximum Gasteiger partial charge on any atom is 0.420 e. The molecule has 0 unspecified atom stereocenters. The molecular formula is C11H7ClF3N3O. The molecule has 0 atom stereocenters. The number of hydrogen-bond acceptors (Lipinski definition) is 4. The molecule has 0 aliphatic carbocycles. The average Bonchev–Trinajstić information content (AvgIpc) is 2.33. The fraction of sp³-hybridized carbons (Fsp3) is 0.0909. The fourth-order valence-corrected chi connectivity index (χ4v) is 1.41. The summed E-state index contributed by atoms with van der Waals surface area (Å²) < 4.78 is 43.4. The van der Waals surface area contributed by atoms with Crippen LogP contribution in [-0.4, -0.2) is 9.97 Å².